The molecule has 0 aliphatic carbocycles. The van der Waals surface area contributed by atoms with Crippen molar-refractivity contribution in [2.45, 2.75) is 4.90 Å². The third-order valence-corrected chi connectivity index (χ3v) is 3.92. The summed E-state index contributed by atoms with van der Waals surface area (Å²) in [6.45, 7) is 0. The quantitative estimate of drug-likeness (QED) is 0.844. The molecule has 6 heteroatoms. The first-order valence-corrected chi connectivity index (χ1v) is 7.66. The molecular weight excluding hydrogens is 274 g/mol. The molecule has 102 valence electrons. The van der Waals surface area contributed by atoms with Crippen molar-refractivity contribution in [3.8, 4) is 6.07 Å². The van der Waals surface area contributed by atoms with Crippen LogP contribution in [0.3, 0.4) is 0 Å². The van der Waals surface area contributed by atoms with Crippen molar-refractivity contribution in [2.24, 2.45) is 0 Å². The van der Waals surface area contributed by atoms with E-state index in [4.69, 9.17) is 11.0 Å². The van der Waals surface area contributed by atoms with E-state index in [1.54, 1.807) is 30.3 Å². The Balaban J connectivity index is 2.30. The van der Waals surface area contributed by atoms with Crippen LogP contribution in [0.2, 0.25) is 0 Å². The zero-order chi connectivity index (χ0) is 14.8. The van der Waals surface area contributed by atoms with E-state index in [9.17, 15) is 8.42 Å². The zero-order valence-corrected chi connectivity index (χ0v) is 11.6. The van der Waals surface area contributed by atoms with Gasteiger partial charge in [-0.15, -0.1) is 0 Å². The average molecular weight is 287 g/mol. The Labute approximate surface area is 117 Å². The molecule has 0 amide bonds. The number of rotatable bonds is 3. The maximum Gasteiger partial charge on any atom is 0.175 e. The van der Waals surface area contributed by atoms with Crippen LogP contribution in [0.15, 0.2) is 47.4 Å². The molecule has 0 spiro atoms. The number of anilines is 3. The molecule has 2 rings (SSSR count). The van der Waals surface area contributed by atoms with Crippen molar-refractivity contribution in [1.29, 1.82) is 5.26 Å². The van der Waals surface area contributed by atoms with Gasteiger partial charge >= 0.3 is 0 Å². The van der Waals surface area contributed by atoms with Gasteiger partial charge < -0.3 is 11.1 Å². The Morgan fingerprint density at radius 3 is 2.35 bits per heavy atom. The first-order valence-electron chi connectivity index (χ1n) is 5.77. The Bertz CT molecular complexity index is 775. The highest BCUT2D eigenvalue weighted by molar-refractivity contribution is 7.90. The Kier molecular flexibility index (Phi) is 3.63. The van der Waals surface area contributed by atoms with Gasteiger partial charge in [0.25, 0.3) is 0 Å². The fourth-order valence-corrected chi connectivity index (χ4v) is 2.34. The van der Waals surface area contributed by atoms with Crippen molar-refractivity contribution in [1.82, 2.24) is 0 Å². The molecule has 5 nitrogen and oxygen atoms in total. The average Bonchev–Trinajstić information content (AvgIpc) is 2.41. The van der Waals surface area contributed by atoms with Crippen LogP contribution in [0.4, 0.5) is 17.1 Å². The monoisotopic (exact) mass is 287 g/mol. The smallest absolute Gasteiger partial charge is 0.175 e. The number of nitrogens with one attached hydrogen (secondary N) is 1. The van der Waals surface area contributed by atoms with Crippen LogP contribution >= 0.6 is 0 Å². The van der Waals surface area contributed by atoms with Gasteiger partial charge in [0.05, 0.1) is 21.8 Å². The van der Waals surface area contributed by atoms with Crippen LogP contribution in [0.5, 0.6) is 0 Å². The van der Waals surface area contributed by atoms with Gasteiger partial charge in [-0.2, -0.15) is 5.26 Å². The second-order valence-electron chi connectivity index (χ2n) is 4.30. The van der Waals surface area contributed by atoms with E-state index in [-0.39, 0.29) is 4.90 Å². The summed E-state index contributed by atoms with van der Waals surface area (Å²) in [5.41, 5.74) is 7.92. The van der Waals surface area contributed by atoms with Crippen LogP contribution in [-0.4, -0.2) is 14.7 Å². The largest absolute Gasteiger partial charge is 0.396 e. The summed E-state index contributed by atoms with van der Waals surface area (Å²) < 4.78 is 22.7. The molecule has 0 saturated carbocycles. The van der Waals surface area contributed by atoms with E-state index in [0.717, 1.165) is 6.26 Å². The van der Waals surface area contributed by atoms with E-state index in [1.807, 2.05) is 6.07 Å². The maximum absolute atomic E-state index is 11.4. The second kappa shape index (κ2) is 5.23. The molecule has 20 heavy (non-hydrogen) atoms. The Morgan fingerprint density at radius 1 is 1.15 bits per heavy atom. The van der Waals surface area contributed by atoms with E-state index in [0.29, 0.717) is 22.6 Å². The van der Waals surface area contributed by atoms with E-state index in [2.05, 4.69) is 5.32 Å². The summed E-state index contributed by atoms with van der Waals surface area (Å²) in [6, 6.07) is 13.4. The Morgan fingerprint density at radius 2 is 1.80 bits per heavy atom. The molecule has 0 unspecified atom stereocenters. The highest BCUT2D eigenvalue weighted by Gasteiger charge is 2.07. The molecule has 0 bridgehead atoms. The summed E-state index contributed by atoms with van der Waals surface area (Å²) in [5, 5.41) is 12.0. The molecular formula is C14H13N3O2S. The van der Waals surface area contributed by atoms with Crippen LogP contribution in [0, 0.1) is 11.3 Å². The lowest BCUT2D eigenvalue weighted by Crippen LogP contribution is -2.00. The standard InChI is InChI=1S/C14H13N3O2S/c1-20(18,19)12-7-5-11(6-8-12)17-13-4-2-3-10(9-15)14(13)16/h2-8,17H,16H2,1H3. The highest BCUT2D eigenvalue weighted by atomic mass is 32.2. The number of sulfone groups is 1. The summed E-state index contributed by atoms with van der Waals surface area (Å²) in [7, 11) is -3.21. The number of para-hydroxylation sites is 1. The lowest BCUT2D eigenvalue weighted by Gasteiger charge is -2.10. The van der Waals surface area contributed by atoms with Gasteiger partial charge in [-0.25, -0.2) is 8.42 Å². The van der Waals surface area contributed by atoms with E-state index in [1.165, 1.54) is 12.1 Å². The topological polar surface area (TPSA) is 96.0 Å². The molecule has 0 heterocycles. The lowest BCUT2D eigenvalue weighted by atomic mass is 10.1. The SMILES string of the molecule is CS(=O)(=O)c1ccc(Nc2cccc(C#N)c2N)cc1. The van der Waals surface area contributed by atoms with Crippen molar-refractivity contribution < 1.29 is 8.42 Å². The van der Waals surface area contributed by atoms with Gasteiger partial charge in [0.15, 0.2) is 9.84 Å². The number of nitrogens with two attached hydrogens (primary N) is 1. The predicted molar refractivity (Wildman–Crippen MR) is 78.4 cm³/mol. The minimum atomic E-state index is -3.21. The van der Waals surface area contributed by atoms with Crippen LogP contribution in [-0.2, 0) is 9.84 Å². The van der Waals surface area contributed by atoms with Gasteiger partial charge in [0.2, 0.25) is 0 Å². The number of benzene rings is 2. The third kappa shape index (κ3) is 2.90. The number of hydrogen-bond acceptors (Lipinski definition) is 5. The van der Waals surface area contributed by atoms with Gasteiger partial charge in [0, 0.05) is 11.9 Å². The van der Waals surface area contributed by atoms with Crippen molar-refractivity contribution in [2.75, 3.05) is 17.3 Å². The van der Waals surface area contributed by atoms with Crippen molar-refractivity contribution in [3.05, 3.63) is 48.0 Å². The Hall–Kier alpha value is -2.52. The van der Waals surface area contributed by atoms with Gasteiger partial charge in [-0.3, -0.25) is 0 Å². The third-order valence-electron chi connectivity index (χ3n) is 2.79. The molecule has 2 aromatic carbocycles. The molecule has 0 atom stereocenters. The molecule has 0 aliphatic rings. The van der Waals surface area contributed by atoms with Gasteiger partial charge in [0.1, 0.15) is 6.07 Å². The highest BCUT2D eigenvalue weighted by Crippen LogP contribution is 2.26. The summed E-state index contributed by atoms with van der Waals surface area (Å²) in [4.78, 5) is 0.252. The first-order chi connectivity index (χ1) is 9.41. The normalized spacial score (nSPS) is 10.8. The minimum absolute atomic E-state index is 0.252. The summed E-state index contributed by atoms with van der Waals surface area (Å²) >= 11 is 0. The van der Waals surface area contributed by atoms with Crippen LogP contribution in [0.25, 0.3) is 0 Å². The number of hydrogen-bond donors (Lipinski definition) is 2. The first kappa shape index (κ1) is 13.9. The number of nitriles is 1. The molecule has 2 aromatic rings. The molecule has 0 saturated heterocycles. The summed E-state index contributed by atoms with van der Waals surface area (Å²) in [5.74, 6) is 0. The van der Waals surface area contributed by atoms with Crippen LogP contribution < -0.4 is 11.1 Å². The second-order valence-corrected chi connectivity index (χ2v) is 6.32. The van der Waals surface area contributed by atoms with Gasteiger partial charge in [-0.1, -0.05) is 6.07 Å². The fraction of sp³-hybridized carbons (Fsp3) is 0.0714. The van der Waals surface area contributed by atoms with Gasteiger partial charge in [-0.05, 0) is 36.4 Å². The predicted octanol–water partition coefficient (Wildman–Crippen LogP) is 2.29. The molecule has 3 N–H and O–H groups in total. The molecule has 0 fully saturated rings. The van der Waals surface area contributed by atoms with Crippen LogP contribution in [0.1, 0.15) is 5.56 Å². The summed E-state index contributed by atoms with van der Waals surface area (Å²) in [6.07, 6.45) is 1.16. The molecule has 0 aromatic heterocycles. The molecule has 0 radical (unpaired) electrons. The number of nitrogen functional groups attached to an aromatic ring is 1. The maximum atomic E-state index is 11.4. The molecule has 0 aliphatic heterocycles. The van der Waals surface area contributed by atoms with E-state index < -0.39 is 9.84 Å². The van der Waals surface area contributed by atoms with Crippen molar-refractivity contribution >= 4 is 26.9 Å². The fourth-order valence-electron chi connectivity index (χ4n) is 1.71. The lowest BCUT2D eigenvalue weighted by molar-refractivity contribution is 0.602. The zero-order valence-electron chi connectivity index (χ0n) is 10.8. The van der Waals surface area contributed by atoms with E-state index >= 15 is 0 Å². The number of nitrogens with zero attached hydrogens (tertiary/aromatic N) is 1. The van der Waals surface area contributed by atoms with Crippen molar-refractivity contribution in [3.63, 3.8) is 0 Å². The minimum Gasteiger partial charge on any atom is -0.396 e.